The Bertz CT molecular complexity index is 299. The molecule has 0 fully saturated rings. The van der Waals surface area contributed by atoms with E-state index in [0.29, 0.717) is 6.61 Å². The van der Waals surface area contributed by atoms with Crippen molar-refractivity contribution in [3.63, 3.8) is 0 Å². The molecule has 0 heterocycles. The Labute approximate surface area is 90.9 Å². The van der Waals surface area contributed by atoms with E-state index < -0.39 is 0 Å². The smallest absolute Gasteiger partial charge is 0.124 e. The zero-order valence-corrected chi connectivity index (χ0v) is 9.31. The van der Waals surface area contributed by atoms with E-state index in [4.69, 9.17) is 15.6 Å². The van der Waals surface area contributed by atoms with Gasteiger partial charge in [-0.25, -0.2) is 0 Å². The van der Waals surface area contributed by atoms with Crippen molar-refractivity contribution in [2.45, 2.75) is 19.9 Å². The molecule has 1 rings (SSSR count). The molecule has 1 aromatic rings. The number of aliphatic hydroxyl groups is 1. The Morgan fingerprint density at radius 2 is 2.00 bits per heavy atom. The summed E-state index contributed by atoms with van der Waals surface area (Å²) in [6.45, 7) is 4.52. The largest absolute Gasteiger partial charge is 0.493 e. The molecule has 0 aliphatic rings. The third-order valence-corrected chi connectivity index (χ3v) is 2.24. The van der Waals surface area contributed by atoms with Crippen LogP contribution in [0.4, 0.5) is 0 Å². The molecule has 0 amide bonds. The van der Waals surface area contributed by atoms with E-state index in [-0.39, 0.29) is 18.6 Å². The molecule has 0 radical (unpaired) electrons. The number of ether oxygens (including phenoxy) is 1. The van der Waals surface area contributed by atoms with Gasteiger partial charge in [-0.05, 0) is 13.0 Å². The van der Waals surface area contributed by atoms with E-state index in [1.54, 1.807) is 0 Å². The number of para-hydroxylation sites is 1. The molecular weight excluding hydrogens is 190 g/mol. The summed E-state index contributed by atoms with van der Waals surface area (Å²) in [5, 5.41) is 8.89. The minimum Gasteiger partial charge on any atom is -0.493 e. The van der Waals surface area contributed by atoms with E-state index in [1.807, 2.05) is 38.1 Å². The van der Waals surface area contributed by atoms with Gasteiger partial charge in [0.15, 0.2) is 0 Å². The number of aliphatic hydroxyl groups excluding tert-OH is 1. The van der Waals surface area contributed by atoms with Gasteiger partial charge in [-0.2, -0.15) is 0 Å². The number of hydrogen-bond acceptors (Lipinski definition) is 3. The first-order valence-corrected chi connectivity index (χ1v) is 5.23. The van der Waals surface area contributed by atoms with Gasteiger partial charge in [0.1, 0.15) is 5.75 Å². The molecule has 0 saturated carbocycles. The maximum Gasteiger partial charge on any atom is 0.124 e. The molecule has 1 aromatic carbocycles. The summed E-state index contributed by atoms with van der Waals surface area (Å²) in [7, 11) is 0. The fourth-order valence-electron chi connectivity index (χ4n) is 1.27. The van der Waals surface area contributed by atoms with Crippen LogP contribution in [0.3, 0.4) is 0 Å². The van der Waals surface area contributed by atoms with Gasteiger partial charge >= 0.3 is 0 Å². The SMILES string of the molecule is CC(CO)COc1ccccc1[C@@H](C)N. The highest BCUT2D eigenvalue weighted by Gasteiger charge is 2.08. The lowest BCUT2D eigenvalue weighted by Gasteiger charge is -2.15. The lowest BCUT2D eigenvalue weighted by atomic mass is 10.1. The zero-order chi connectivity index (χ0) is 11.3. The summed E-state index contributed by atoms with van der Waals surface area (Å²) in [6.07, 6.45) is 0. The second kappa shape index (κ2) is 5.73. The summed E-state index contributed by atoms with van der Waals surface area (Å²) >= 11 is 0. The normalized spacial score (nSPS) is 14.7. The van der Waals surface area contributed by atoms with Crippen molar-refractivity contribution >= 4 is 0 Å². The molecular formula is C12H19NO2. The second-order valence-corrected chi connectivity index (χ2v) is 3.93. The standard InChI is InChI=1S/C12H19NO2/c1-9(7-14)8-15-12-6-4-3-5-11(12)10(2)13/h3-6,9-10,14H,7-8,13H2,1-2H3/t9?,10-/m1/s1. The monoisotopic (exact) mass is 209 g/mol. The van der Waals surface area contributed by atoms with E-state index in [2.05, 4.69) is 0 Å². The van der Waals surface area contributed by atoms with Gasteiger partial charge < -0.3 is 15.6 Å². The highest BCUT2D eigenvalue weighted by atomic mass is 16.5. The number of hydrogen-bond donors (Lipinski definition) is 2. The molecule has 3 nitrogen and oxygen atoms in total. The zero-order valence-electron chi connectivity index (χ0n) is 9.31. The highest BCUT2D eigenvalue weighted by molar-refractivity contribution is 5.35. The topological polar surface area (TPSA) is 55.5 Å². The van der Waals surface area contributed by atoms with Crippen LogP contribution in [0.25, 0.3) is 0 Å². The predicted octanol–water partition coefficient (Wildman–Crippen LogP) is 1.71. The summed E-state index contributed by atoms with van der Waals surface area (Å²) in [6, 6.07) is 7.70. The molecule has 1 unspecified atom stereocenters. The maximum absolute atomic E-state index is 8.89. The molecule has 3 heteroatoms. The Hall–Kier alpha value is -1.06. The van der Waals surface area contributed by atoms with Gasteiger partial charge in [0.25, 0.3) is 0 Å². The molecule has 0 saturated heterocycles. The van der Waals surface area contributed by atoms with Crippen LogP contribution in [-0.2, 0) is 0 Å². The quantitative estimate of drug-likeness (QED) is 0.776. The van der Waals surface area contributed by atoms with Gasteiger partial charge in [-0.1, -0.05) is 25.1 Å². The van der Waals surface area contributed by atoms with Gasteiger partial charge in [0, 0.05) is 24.1 Å². The highest BCUT2D eigenvalue weighted by Crippen LogP contribution is 2.23. The summed E-state index contributed by atoms with van der Waals surface area (Å²) in [5.74, 6) is 0.957. The molecule has 0 aliphatic carbocycles. The first-order chi connectivity index (χ1) is 7.15. The Kier molecular flexibility index (Phi) is 4.59. The third kappa shape index (κ3) is 3.53. The van der Waals surface area contributed by atoms with Crippen molar-refractivity contribution < 1.29 is 9.84 Å². The van der Waals surface area contributed by atoms with Gasteiger partial charge in [-0.15, -0.1) is 0 Å². The van der Waals surface area contributed by atoms with Gasteiger partial charge in [0.05, 0.1) is 6.61 Å². The van der Waals surface area contributed by atoms with Crippen LogP contribution in [0.5, 0.6) is 5.75 Å². The van der Waals surface area contributed by atoms with Crippen LogP contribution in [-0.4, -0.2) is 18.3 Å². The Morgan fingerprint density at radius 1 is 1.33 bits per heavy atom. The van der Waals surface area contributed by atoms with Crippen molar-refractivity contribution in [3.8, 4) is 5.75 Å². The van der Waals surface area contributed by atoms with Crippen LogP contribution in [0.2, 0.25) is 0 Å². The van der Waals surface area contributed by atoms with E-state index in [9.17, 15) is 0 Å². The first-order valence-electron chi connectivity index (χ1n) is 5.23. The fraction of sp³-hybridized carbons (Fsp3) is 0.500. The molecule has 3 N–H and O–H groups in total. The van der Waals surface area contributed by atoms with Crippen molar-refractivity contribution in [1.29, 1.82) is 0 Å². The van der Waals surface area contributed by atoms with Crippen LogP contribution < -0.4 is 10.5 Å². The van der Waals surface area contributed by atoms with Crippen molar-refractivity contribution in [2.24, 2.45) is 11.7 Å². The molecule has 84 valence electrons. The number of rotatable bonds is 5. The van der Waals surface area contributed by atoms with Crippen LogP contribution >= 0.6 is 0 Å². The van der Waals surface area contributed by atoms with Crippen molar-refractivity contribution in [1.82, 2.24) is 0 Å². The lowest BCUT2D eigenvalue weighted by molar-refractivity contribution is 0.173. The molecule has 0 aliphatic heterocycles. The molecule has 0 aromatic heterocycles. The minimum absolute atomic E-state index is 0.0365. The van der Waals surface area contributed by atoms with Crippen LogP contribution in [0, 0.1) is 5.92 Å². The van der Waals surface area contributed by atoms with Crippen LogP contribution in [0.1, 0.15) is 25.5 Å². The minimum atomic E-state index is -0.0365. The number of benzene rings is 1. The predicted molar refractivity (Wildman–Crippen MR) is 60.8 cm³/mol. The third-order valence-electron chi connectivity index (χ3n) is 2.24. The summed E-state index contributed by atoms with van der Waals surface area (Å²) in [5.41, 5.74) is 6.83. The molecule has 2 atom stereocenters. The average Bonchev–Trinajstić information content (AvgIpc) is 2.26. The lowest BCUT2D eigenvalue weighted by Crippen LogP contribution is -2.14. The maximum atomic E-state index is 8.89. The first kappa shape index (κ1) is 12.0. The van der Waals surface area contributed by atoms with E-state index in [1.165, 1.54) is 0 Å². The van der Waals surface area contributed by atoms with Crippen molar-refractivity contribution in [2.75, 3.05) is 13.2 Å². The van der Waals surface area contributed by atoms with Gasteiger partial charge in [0.2, 0.25) is 0 Å². The number of nitrogens with two attached hydrogens (primary N) is 1. The van der Waals surface area contributed by atoms with Gasteiger partial charge in [-0.3, -0.25) is 0 Å². The second-order valence-electron chi connectivity index (χ2n) is 3.93. The summed E-state index contributed by atoms with van der Waals surface area (Å²) in [4.78, 5) is 0. The molecule has 15 heavy (non-hydrogen) atoms. The molecule has 0 bridgehead atoms. The average molecular weight is 209 g/mol. The van der Waals surface area contributed by atoms with Crippen LogP contribution in [0.15, 0.2) is 24.3 Å². The summed E-state index contributed by atoms with van der Waals surface area (Å²) < 4.78 is 5.61. The molecule has 0 spiro atoms. The van der Waals surface area contributed by atoms with E-state index >= 15 is 0 Å². The Morgan fingerprint density at radius 3 is 2.60 bits per heavy atom. The van der Waals surface area contributed by atoms with Crippen molar-refractivity contribution in [3.05, 3.63) is 29.8 Å². The van der Waals surface area contributed by atoms with E-state index in [0.717, 1.165) is 11.3 Å². The fourth-order valence-corrected chi connectivity index (χ4v) is 1.27. The Balaban J connectivity index is 2.67.